The second-order valence-electron chi connectivity index (χ2n) is 5.06. The third-order valence-corrected chi connectivity index (χ3v) is 4.36. The highest BCUT2D eigenvalue weighted by Gasteiger charge is 2.67. The molecule has 1 saturated carbocycles. The third-order valence-electron chi connectivity index (χ3n) is 4.36. The van der Waals surface area contributed by atoms with Crippen molar-refractivity contribution in [1.82, 2.24) is 0 Å². The number of hydrogen-bond donors (Lipinski definition) is 7. The average Bonchev–Trinajstić information content (AvgIpc) is 2.38. The molecule has 7 heteroatoms. The van der Waals surface area contributed by atoms with Gasteiger partial charge in [-0.25, -0.2) is 0 Å². The molecular formula is C11H22O7. The number of aliphatic hydroxyl groups excluding tert-OH is 5. The van der Waals surface area contributed by atoms with E-state index in [1.54, 1.807) is 0 Å². The van der Waals surface area contributed by atoms with Crippen LogP contribution in [-0.4, -0.2) is 79.5 Å². The molecule has 3 atom stereocenters. The van der Waals surface area contributed by atoms with Crippen LogP contribution in [0.25, 0.3) is 0 Å². The van der Waals surface area contributed by atoms with E-state index in [1.807, 2.05) is 0 Å². The summed E-state index contributed by atoms with van der Waals surface area (Å²) in [7, 11) is 0. The summed E-state index contributed by atoms with van der Waals surface area (Å²) in [5.41, 5.74) is -5.93. The first-order valence-electron chi connectivity index (χ1n) is 5.94. The highest BCUT2D eigenvalue weighted by Crippen LogP contribution is 2.52. The lowest BCUT2D eigenvalue weighted by molar-refractivity contribution is -0.297. The fourth-order valence-corrected chi connectivity index (χ4v) is 3.17. The second kappa shape index (κ2) is 5.38. The zero-order valence-electron chi connectivity index (χ0n) is 10.2. The van der Waals surface area contributed by atoms with Crippen molar-refractivity contribution >= 4 is 0 Å². The van der Waals surface area contributed by atoms with E-state index in [4.69, 9.17) is 5.11 Å². The Morgan fingerprint density at radius 3 is 1.56 bits per heavy atom. The molecule has 0 heterocycles. The van der Waals surface area contributed by atoms with E-state index in [0.717, 1.165) is 0 Å². The minimum Gasteiger partial charge on any atom is -0.395 e. The van der Waals surface area contributed by atoms with Crippen molar-refractivity contribution in [2.75, 3.05) is 26.4 Å². The molecule has 0 aliphatic heterocycles. The van der Waals surface area contributed by atoms with Gasteiger partial charge in [0, 0.05) is 0 Å². The van der Waals surface area contributed by atoms with Gasteiger partial charge in [0.05, 0.1) is 37.9 Å². The van der Waals surface area contributed by atoms with Gasteiger partial charge in [0.15, 0.2) is 0 Å². The van der Waals surface area contributed by atoms with Crippen LogP contribution in [0.1, 0.15) is 19.3 Å². The Balaban J connectivity index is 3.38. The van der Waals surface area contributed by atoms with Gasteiger partial charge in [0.2, 0.25) is 0 Å². The highest BCUT2D eigenvalue weighted by atomic mass is 16.4. The molecule has 7 nitrogen and oxygen atoms in total. The maximum atomic E-state index is 10.4. The summed E-state index contributed by atoms with van der Waals surface area (Å²) in [5.74, 6) is 0. The van der Waals surface area contributed by atoms with E-state index in [1.165, 1.54) is 0 Å². The minimum absolute atomic E-state index is 0.0451. The lowest BCUT2D eigenvalue weighted by Crippen LogP contribution is -2.74. The van der Waals surface area contributed by atoms with Crippen LogP contribution < -0.4 is 0 Å². The maximum absolute atomic E-state index is 10.4. The summed E-state index contributed by atoms with van der Waals surface area (Å²) in [6, 6.07) is 0. The first-order valence-corrected chi connectivity index (χ1v) is 5.94. The van der Waals surface area contributed by atoms with Gasteiger partial charge in [0.1, 0.15) is 11.2 Å². The van der Waals surface area contributed by atoms with Crippen molar-refractivity contribution in [3.8, 4) is 0 Å². The van der Waals surface area contributed by atoms with Gasteiger partial charge in [-0.05, 0) is 19.3 Å². The third kappa shape index (κ3) is 1.87. The standard InChI is InChI=1S/C11H22O7/c12-4-8(16)11(7-15)9(17,5-13)2-1-3-10(11,18)6-14/h8,12-18H,1-7H2. The Morgan fingerprint density at radius 1 is 0.833 bits per heavy atom. The lowest BCUT2D eigenvalue weighted by Gasteiger charge is -2.58. The summed E-state index contributed by atoms with van der Waals surface area (Å²) in [5, 5.41) is 68.1. The highest BCUT2D eigenvalue weighted by molar-refractivity contribution is 5.16. The van der Waals surface area contributed by atoms with E-state index >= 15 is 0 Å². The van der Waals surface area contributed by atoms with Gasteiger partial charge in [-0.3, -0.25) is 0 Å². The topological polar surface area (TPSA) is 142 Å². The molecule has 0 spiro atoms. The summed E-state index contributed by atoms with van der Waals surface area (Å²) >= 11 is 0. The molecule has 1 rings (SSSR count). The Bertz CT molecular complexity index is 267. The van der Waals surface area contributed by atoms with E-state index in [-0.39, 0.29) is 12.8 Å². The van der Waals surface area contributed by atoms with Crippen LogP contribution in [0.3, 0.4) is 0 Å². The molecule has 18 heavy (non-hydrogen) atoms. The van der Waals surface area contributed by atoms with Crippen LogP contribution >= 0.6 is 0 Å². The van der Waals surface area contributed by atoms with E-state index in [2.05, 4.69) is 0 Å². The molecule has 0 aromatic heterocycles. The van der Waals surface area contributed by atoms with Gasteiger partial charge in [-0.2, -0.15) is 0 Å². The van der Waals surface area contributed by atoms with Crippen LogP contribution in [-0.2, 0) is 0 Å². The first-order chi connectivity index (χ1) is 8.37. The molecule has 1 aliphatic carbocycles. The van der Waals surface area contributed by atoms with Crippen LogP contribution in [0.4, 0.5) is 0 Å². The Morgan fingerprint density at radius 2 is 1.28 bits per heavy atom. The zero-order chi connectivity index (χ0) is 14.0. The molecule has 0 radical (unpaired) electrons. The van der Waals surface area contributed by atoms with Crippen LogP contribution in [0.15, 0.2) is 0 Å². The number of aliphatic hydroxyl groups is 7. The molecule has 0 saturated heterocycles. The van der Waals surface area contributed by atoms with Gasteiger partial charge < -0.3 is 35.7 Å². The molecule has 0 amide bonds. The maximum Gasteiger partial charge on any atom is 0.101 e. The minimum atomic E-state index is -1.99. The summed E-state index contributed by atoms with van der Waals surface area (Å²) in [6.45, 7) is -3.28. The van der Waals surface area contributed by atoms with Crippen LogP contribution in [0, 0.1) is 5.41 Å². The smallest absolute Gasteiger partial charge is 0.101 e. The fourth-order valence-electron chi connectivity index (χ4n) is 3.17. The van der Waals surface area contributed by atoms with Gasteiger partial charge >= 0.3 is 0 Å². The zero-order valence-corrected chi connectivity index (χ0v) is 10.2. The Hall–Kier alpha value is -0.280. The quantitative estimate of drug-likeness (QED) is 0.280. The predicted molar refractivity (Wildman–Crippen MR) is 60.5 cm³/mol. The van der Waals surface area contributed by atoms with Crippen molar-refractivity contribution < 1.29 is 35.7 Å². The molecule has 0 aromatic carbocycles. The van der Waals surface area contributed by atoms with Crippen molar-refractivity contribution in [3.05, 3.63) is 0 Å². The molecule has 3 unspecified atom stereocenters. The number of hydrogen-bond acceptors (Lipinski definition) is 7. The normalized spacial score (nSPS) is 42.8. The summed E-state index contributed by atoms with van der Waals surface area (Å²) in [4.78, 5) is 0. The Labute approximate surface area is 105 Å². The average molecular weight is 266 g/mol. The van der Waals surface area contributed by atoms with E-state index in [9.17, 15) is 30.6 Å². The molecule has 108 valence electrons. The van der Waals surface area contributed by atoms with E-state index in [0.29, 0.717) is 6.42 Å². The van der Waals surface area contributed by atoms with Crippen molar-refractivity contribution in [2.45, 2.75) is 36.6 Å². The lowest BCUT2D eigenvalue weighted by atomic mass is 9.53. The fraction of sp³-hybridized carbons (Fsp3) is 1.00. The monoisotopic (exact) mass is 266 g/mol. The van der Waals surface area contributed by atoms with Crippen molar-refractivity contribution in [2.24, 2.45) is 5.41 Å². The van der Waals surface area contributed by atoms with Crippen LogP contribution in [0.5, 0.6) is 0 Å². The molecular weight excluding hydrogens is 244 g/mol. The van der Waals surface area contributed by atoms with Crippen LogP contribution in [0.2, 0.25) is 0 Å². The van der Waals surface area contributed by atoms with Gasteiger partial charge in [-0.1, -0.05) is 0 Å². The Kier molecular flexibility index (Phi) is 4.71. The second-order valence-corrected chi connectivity index (χ2v) is 5.06. The van der Waals surface area contributed by atoms with Crippen molar-refractivity contribution in [1.29, 1.82) is 0 Å². The number of rotatable bonds is 5. The van der Waals surface area contributed by atoms with Gasteiger partial charge in [0.25, 0.3) is 0 Å². The molecule has 0 aromatic rings. The van der Waals surface area contributed by atoms with Crippen molar-refractivity contribution in [3.63, 3.8) is 0 Å². The molecule has 0 bridgehead atoms. The van der Waals surface area contributed by atoms with Gasteiger partial charge in [-0.15, -0.1) is 0 Å². The molecule has 1 fully saturated rings. The summed E-state index contributed by atoms with van der Waals surface area (Å²) < 4.78 is 0. The predicted octanol–water partition coefficient (Wildman–Crippen LogP) is -3.05. The SMILES string of the molecule is OCC(O)C1(CO)C(O)(CO)CCCC1(O)CO. The molecule has 1 aliphatic rings. The first kappa shape index (κ1) is 15.8. The summed E-state index contributed by atoms with van der Waals surface area (Å²) in [6.07, 6.45) is -1.27. The molecule has 7 N–H and O–H groups in total. The largest absolute Gasteiger partial charge is 0.395 e. The van der Waals surface area contributed by atoms with E-state index < -0.39 is 49.1 Å².